The summed E-state index contributed by atoms with van der Waals surface area (Å²) in [6, 6.07) is 11.9. The third-order valence-electron chi connectivity index (χ3n) is 4.14. The van der Waals surface area contributed by atoms with E-state index in [9.17, 15) is 8.42 Å². The zero-order chi connectivity index (χ0) is 19.4. The highest BCUT2D eigenvalue weighted by Gasteiger charge is 2.22. The first kappa shape index (κ1) is 20.1. The number of aryl methyl sites for hydroxylation is 2. The second-order valence-corrected chi connectivity index (χ2v) is 8.85. The van der Waals surface area contributed by atoms with E-state index in [-0.39, 0.29) is 9.79 Å². The molecule has 0 radical (unpaired) electrons. The van der Waals surface area contributed by atoms with Crippen LogP contribution in [-0.2, 0) is 21.1 Å². The van der Waals surface area contributed by atoms with Crippen molar-refractivity contribution in [2.45, 2.75) is 36.0 Å². The fourth-order valence-electron chi connectivity index (χ4n) is 2.76. The van der Waals surface area contributed by atoms with Crippen LogP contribution in [0.15, 0.2) is 52.3 Å². The van der Waals surface area contributed by atoms with Crippen molar-refractivity contribution in [3.63, 3.8) is 0 Å². The Morgan fingerprint density at radius 1 is 1.11 bits per heavy atom. The van der Waals surface area contributed by atoms with Gasteiger partial charge in [-0.2, -0.15) is 0 Å². The highest BCUT2D eigenvalue weighted by atomic mass is 35.5. The first-order valence-corrected chi connectivity index (χ1v) is 10.6. The number of benzene rings is 2. The van der Waals surface area contributed by atoms with Crippen molar-refractivity contribution in [2.75, 3.05) is 6.61 Å². The van der Waals surface area contributed by atoms with Gasteiger partial charge in [-0.15, -0.1) is 0 Å². The van der Waals surface area contributed by atoms with E-state index in [4.69, 9.17) is 28.4 Å². The molecule has 6 nitrogen and oxygen atoms in total. The summed E-state index contributed by atoms with van der Waals surface area (Å²) in [7, 11) is -3.64. The molecule has 3 rings (SSSR count). The van der Waals surface area contributed by atoms with Gasteiger partial charge in [-0.05, 0) is 48.1 Å². The molecule has 0 saturated heterocycles. The zero-order valence-electron chi connectivity index (χ0n) is 14.7. The van der Waals surface area contributed by atoms with Gasteiger partial charge in [-0.1, -0.05) is 23.8 Å². The molecule has 0 aliphatic carbocycles. The average molecular weight is 428 g/mol. The van der Waals surface area contributed by atoms with Gasteiger partial charge < -0.3 is 4.98 Å². The first-order valence-electron chi connectivity index (χ1n) is 8.42. The lowest BCUT2D eigenvalue weighted by Gasteiger charge is -2.05. The molecular weight excluding hydrogens is 409 g/mol. The van der Waals surface area contributed by atoms with Gasteiger partial charge in [-0.3, -0.25) is 4.84 Å². The number of sulfone groups is 1. The number of nitrogens with one attached hydrogen (secondary N) is 1. The van der Waals surface area contributed by atoms with E-state index in [1.54, 1.807) is 36.4 Å². The molecule has 144 valence electrons. The fourth-order valence-corrected chi connectivity index (χ4v) is 4.32. The molecule has 1 aromatic heterocycles. The third kappa shape index (κ3) is 4.80. The Morgan fingerprint density at radius 3 is 2.56 bits per heavy atom. The summed E-state index contributed by atoms with van der Waals surface area (Å²) in [5.74, 6) is 0.727. The van der Waals surface area contributed by atoms with E-state index >= 15 is 0 Å². The van der Waals surface area contributed by atoms with Gasteiger partial charge in [0.25, 0.3) is 0 Å². The number of halogens is 2. The van der Waals surface area contributed by atoms with Gasteiger partial charge in [0, 0.05) is 30.0 Å². The SMILES string of the molecule is Cc1ccc(S(=O)(=O)c2cccc3[nH]c(CCCCON(Cl)Cl)nc23)cc1. The molecule has 2 aromatic carbocycles. The van der Waals surface area contributed by atoms with Crippen LogP contribution in [-0.4, -0.2) is 29.1 Å². The van der Waals surface area contributed by atoms with Crippen molar-refractivity contribution in [1.29, 1.82) is 0 Å². The minimum Gasteiger partial charge on any atom is -0.342 e. The van der Waals surface area contributed by atoms with Crippen LogP contribution >= 0.6 is 23.6 Å². The quantitative estimate of drug-likeness (QED) is 0.323. The van der Waals surface area contributed by atoms with Crippen LogP contribution in [0.2, 0.25) is 0 Å². The second kappa shape index (κ2) is 8.58. The predicted molar refractivity (Wildman–Crippen MR) is 105 cm³/mol. The molecule has 9 heteroatoms. The molecule has 0 fully saturated rings. The molecule has 0 atom stereocenters. The van der Waals surface area contributed by atoms with Gasteiger partial charge in [0.1, 0.15) is 11.3 Å². The van der Waals surface area contributed by atoms with Crippen LogP contribution in [0.3, 0.4) is 0 Å². The Hall–Kier alpha value is -1.64. The Kier molecular flexibility index (Phi) is 6.39. The van der Waals surface area contributed by atoms with Crippen LogP contribution < -0.4 is 0 Å². The van der Waals surface area contributed by atoms with Crippen LogP contribution in [0, 0.1) is 6.92 Å². The molecule has 1 N–H and O–H groups in total. The number of hydrogen-bond donors (Lipinski definition) is 1. The monoisotopic (exact) mass is 427 g/mol. The number of aromatic nitrogens is 2. The number of aromatic amines is 1. The predicted octanol–water partition coefficient (Wildman–Crippen LogP) is 4.57. The van der Waals surface area contributed by atoms with Crippen molar-refractivity contribution in [2.24, 2.45) is 0 Å². The van der Waals surface area contributed by atoms with Crippen molar-refractivity contribution in [1.82, 2.24) is 14.1 Å². The van der Waals surface area contributed by atoms with Gasteiger partial charge in [0.05, 0.1) is 21.9 Å². The lowest BCUT2D eigenvalue weighted by Crippen LogP contribution is -2.03. The minimum atomic E-state index is -3.64. The molecule has 0 aliphatic rings. The van der Waals surface area contributed by atoms with E-state index in [1.165, 1.54) is 0 Å². The number of hydrogen-bond acceptors (Lipinski definition) is 5. The molecule has 0 amide bonds. The van der Waals surface area contributed by atoms with Crippen LogP contribution in [0.4, 0.5) is 0 Å². The van der Waals surface area contributed by atoms with Crippen molar-refractivity contribution in [3.05, 3.63) is 53.9 Å². The zero-order valence-corrected chi connectivity index (χ0v) is 17.0. The molecule has 0 bridgehead atoms. The van der Waals surface area contributed by atoms with E-state index in [1.807, 2.05) is 13.0 Å². The number of imidazole rings is 1. The number of fused-ring (bicyclic) bond motifs is 1. The minimum absolute atomic E-state index is 0.203. The maximum absolute atomic E-state index is 13.0. The normalized spacial score (nSPS) is 12.1. The number of rotatable bonds is 8. The van der Waals surface area contributed by atoms with Crippen molar-refractivity contribution < 1.29 is 13.3 Å². The lowest BCUT2D eigenvalue weighted by molar-refractivity contribution is -0.0145. The maximum atomic E-state index is 13.0. The van der Waals surface area contributed by atoms with Crippen molar-refractivity contribution in [3.8, 4) is 0 Å². The van der Waals surface area contributed by atoms with Gasteiger partial charge in [0.2, 0.25) is 9.84 Å². The molecule has 0 aliphatic heterocycles. The van der Waals surface area contributed by atoms with E-state index in [2.05, 4.69) is 9.97 Å². The van der Waals surface area contributed by atoms with E-state index < -0.39 is 9.84 Å². The average Bonchev–Trinajstić information content (AvgIpc) is 3.04. The summed E-state index contributed by atoms with van der Waals surface area (Å²) in [5.41, 5.74) is 2.16. The topological polar surface area (TPSA) is 75.3 Å². The largest absolute Gasteiger partial charge is 0.342 e. The molecule has 1 heterocycles. The second-order valence-electron chi connectivity index (χ2n) is 6.14. The molecular formula is C18H19Cl2N3O3S. The molecule has 0 spiro atoms. The van der Waals surface area contributed by atoms with Gasteiger partial charge in [-0.25, -0.2) is 13.4 Å². The van der Waals surface area contributed by atoms with Gasteiger partial charge in [0.15, 0.2) is 0 Å². The standard InChI is InChI=1S/C18H19Cl2N3O3S/c1-13-8-10-14(11-9-13)27(24,25)16-6-4-5-15-18(16)22-17(21-15)7-2-3-12-26-23(19)20/h4-6,8-11H,2-3,7,12H2,1H3,(H,21,22). The number of nitrogens with zero attached hydrogens (tertiary/aromatic N) is 2. The summed E-state index contributed by atoms with van der Waals surface area (Å²) in [5, 5.41) is 0. The summed E-state index contributed by atoms with van der Waals surface area (Å²) >= 11 is 10.7. The number of unbranched alkanes of at least 4 members (excludes halogenated alkanes) is 1. The first-order chi connectivity index (χ1) is 12.9. The fraction of sp³-hybridized carbons (Fsp3) is 0.278. The van der Waals surface area contributed by atoms with E-state index in [0.29, 0.717) is 28.2 Å². The molecule has 0 saturated carbocycles. The summed E-state index contributed by atoms with van der Waals surface area (Å²) < 4.78 is 26.7. The van der Waals surface area contributed by atoms with E-state index in [0.717, 1.165) is 24.2 Å². The summed E-state index contributed by atoms with van der Waals surface area (Å²) in [4.78, 5) is 13.1. The molecule has 27 heavy (non-hydrogen) atoms. The Morgan fingerprint density at radius 2 is 1.85 bits per heavy atom. The third-order valence-corrected chi connectivity index (χ3v) is 6.14. The van der Waals surface area contributed by atoms with Crippen LogP contribution in [0.25, 0.3) is 11.0 Å². The summed E-state index contributed by atoms with van der Waals surface area (Å²) in [6.07, 6.45) is 2.19. The number of H-pyrrole nitrogens is 1. The lowest BCUT2D eigenvalue weighted by atomic mass is 10.2. The Balaban J connectivity index is 1.83. The Labute approximate surface area is 168 Å². The highest BCUT2D eigenvalue weighted by Crippen LogP contribution is 2.27. The van der Waals surface area contributed by atoms with Crippen LogP contribution in [0.5, 0.6) is 0 Å². The molecule has 0 unspecified atom stereocenters. The summed E-state index contributed by atoms with van der Waals surface area (Å²) in [6.45, 7) is 2.31. The highest BCUT2D eigenvalue weighted by molar-refractivity contribution is 7.91. The van der Waals surface area contributed by atoms with Gasteiger partial charge >= 0.3 is 0 Å². The maximum Gasteiger partial charge on any atom is 0.208 e. The molecule has 3 aromatic rings. The smallest absolute Gasteiger partial charge is 0.208 e. The Bertz CT molecular complexity index is 1020. The number of para-hydroxylation sites is 1. The van der Waals surface area contributed by atoms with Crippen molar-refractivity contribution >= 4 is 44.4 Å². The van der Waals surface area contributed by atoms with Crippen LogP contribution in [0.1, 0.15) is 24.2 Å².